The van der Waals surface area contributed by atoms with Gasteiger partial charge in [0.25, 0.3) is 0 Å². The summed E-state index contributed by atoms with van der Waals surface area (Å²) < 4.78 is 0. The predicted octanol–water partition coefficient (Wildman–Crippen LogP) is 0.924. The van der Waals surface area contributed by atoms with E-state index >= 15 is 0 Å². The molecule has 0 saturated heterocycles. The molecule has 0 bridgehead atoms. The van der Waals surface area contributed by atoms with Crippen LogP contribution in [0, 0.1) is 0 Å². The van der Waals surface area contributed by atoms with E-state index in [1.165, 1.54) is 0 Å². The molecule has 0 aliphatic heterocycles. The van der Waals surface area contributed by atoms with Crippen molar-refractivity contribution >= 4 is 0 Å². The van der Waals surface area contributed by atoms with Crippen molar-refractivity contribution in [3.05, 3.63) is 29.3 Å². The highest BCUT2D eigenvalue weighted by Crippen LogP contribution is 2.21. The van der Waals surface area contributed by atoms with Crippen molar-refractivity contribution in [1.82, 2.24) is 10.2 Å². The van der Waals surface area contributed by atoms with Gasteiger partial charge in [0, 0.05) is 18.5 Å². The molecule has 0 aliphatic rings. The maximum atomic E-state index is 9.93. The van der Waals surface area contributed by atoms with Crippen LogP contribution in [0.25, 0.3) is 0 Å². The topological polar surface area (TPSA) is 55.7 Å². The van der Waals surface area contributed by atoms with Gasteiger partial charge in [0.1, 0.15) is 11.5 Å². The van der Waals surface area contributed by atoms with Crippen LogP contribution in [0.5, 0.6) is 5.75 Å². The highest BCUT2D eigenvalue weighted by molar-refractivity contribution is 5.36. The number of aliphatic hydroxyl groups is 1. The summed E-state index contributed by atoms with van der Waals surface area (Å²) >= 11 is 0. The molecule has 0 fully saturated rings. The average Bonchev–Trinajstić information content (AvgIpc) is 2.22. The summed E-state index contributed by atoms with van der Waals surface area (Å²) in [7, 11) is 5.63. The number of benzene rings is 1. The summed E-state index contributed by atoms with van der Waals surface area (Å²) in [6.45, 7) is 2.41. The Morgan fingerprint density at radius 2 is 2.00 bits per heavy atom. The first-order chi connectivity index (χ1) is 7.84. The quantitative estimate of drug-likeness (QED) is 0.668. The van der Waals surface area contributed by atoms with E-state index in [0.29, 0.717) is 18.7 Å². The fourth-order valence-electron chi connectivity index (χ4n) is 1.70. The molecule has 1 atom stereocenters. The lowest BCUT2D eigenvalue weighted by atomic mass is 10.0. The Kier molecular flexibility index (Phi) is 4.51. The third-order valence-corrected chi connectivity index (χ3v) is 2.72. The third-order valence-electron chi connectivity index (χ3n) is 2.72. The predicted molar refractivity (Wildman–Crippen MR) is 68.9 cm³/mol. The molecule has 17 heavy (non-hydrogen) atoms. The number of phenols is 1. The van der Waals surface area contributed by atoms with Crippen LogP contribution >= 0.6 is 0 Å². The van der Waals surface area contributed by atoms with Crippen LogP contribution in [0.4, 0.5) is 0 Å². The van der Waals surface area contributed by atoms with E-state index in [2.05, 4.69) is 5.32 Å². The highest BCUT2D eigenvalue weighted by Gasteiger charge is 2.18. The fourth-order valence-corrected chi connectivity index (χ4v) is 1.70. The summed E-state index contributed by atoms with van der Waals surface area (Å²) in [5.41, 5.74) is 0.949. The average molecular weight is 238 g/mol. The minimum Gasteiger partial charge on any atom is -0.508 e. The van der Waals surface area contributed by atoms with Crippen molar-refractivity contribution in [2.75, 3.05) is 21.1 Å². The molecule has 1 rings (SSSR count). The van der Waals surface area contributed by atoms with Crippen LogP contribution in [0.3, 0.4) is 0 Å². The molecule has 1 unspecified atom stereocenters. The van der Waals surface area contributed by atoms with Crippen molar-refractivity contribution in [3.8, 4) is 5.75 Å². The van der Waals surface area contributed by atoms with Crippen molar-refractivity contribution in [2.24, 2.45) is 0 Å². The largest absolute Gasteiger partial charge is 0.508 e. The first-order valence-corrected chi connectivity index (χ1v) is 5.71. The number of nitrogens with zero attached hydrogens (tertiary/aromatic N) is 1. The summed E-state index contributed by atoms with van der Waals surface area (Å²) in [5.74, 6) is 0.298. The molecule has 4 heteroatoms. The van der Waals surface area contributed by atoms with Gasteiger partial charge < -0.3 is 15.1 Å². The van der Waals surface area contributed by atoms with Crippen LogP contribution < -0.4 is 5.32 Å². The molecule has 0 heterocycles. The van der Waals surface area contributed by atoms with Crippen molar-refractivity contribution in [1.29, 1.82) is 0 Å². The molecule has 1 aromatic carbocycles. The lowest BCUT2D eigenvalue weighted by Gasteiger charge is -2.23. The number of nitrogens with one attached hydrogen (secondary N) is 1. The standard InChI is InChI=1S/C13H22N2O2/c1-13(17,14-2)8-10-5-6-12(16)11(7-10)9-15(3)4/h5-7,14,16-17H,8-9H2,1-4H3. The van der Waals surface area contributed by atoms with Crippen LogP contribution in [0.15, 0.2) is 18.2 Å². The maximum Gasteiger partial charge on any atom is 0.120 e. The van der Waals surface area contributed by atoms with Crippen LogP contribution in [0.2, 0.25) is 0 Å². The Morgan fingerprint density at radius 3 is 2.53 bits per heavy atom. The number of likely N-dealkylation sites (N-methyl/N-ethyl adjacent to an activating group) is 1. The molecule has 0 radical (unpaired) electrons. The SMILES string of the molecule is CNC(C)(O)Cc1ccc(O)c(CN(C)C)c1. The van der Waals surface area contributed by atoms with Gasteiger partial charge in [0.05, 0.1) is 0 Å². The first kappa shape index (κ1) is 14.0. The highest BCUT2D eigenvalue weighted by atomic mass is 16.3. The second-order valence-corrected chi connectivity index (χ2v) is 4.90. The number of hydrogen-bond acceptors (Lipinski definition) is 4. The van der Waals surface area contributed by atoms with Gasteiger partial charge in [0.15, 0.2) is 0 Å². The third kappa shape index (κ3) is 4.34. The Hall–Kier alpha value is -1.10. The molecule has 96 valence electrons. The zero-order chi connectivity index (χ0) is 13.1. The van der Waals surface area contributed by atoms with Crippen LogP contribution in [-0.4, -0.2) is 42.0 Å². The van der Waals surface area contributed by atoms with E-state index in [9.17, 15) is 10.2 Å². The molecule has 0 aliphatic carbocycles. The van der Waals surface area contributed by atoms with Gasteiger partial charge in [-0.25, -0.2) is 0 Å². The minimum atomic E-state index is -0.924. The minimum absolute atomic E-state index is 0.298. The normalized spacial score (nSPS) is 14.9. The molecule has 3 N–H and O–H groups in total. The molecule has 1 aromatic rings. The summed E-state index contributed by atoms with van der Waals surface area (Å²) in [6.07, 6.45) is 0.504. The number of phenolic OH excluding ortho intramolecular Hbond substituents is 1. The summed E-state index contributed by atoms with van der Waals surface area (Å²) in [5, 5.41) is 22.5. The van der Waals surface area contributed by atoms with E-state index < -0.39 is 5.72 Å². The lowest BCUT2D eigenvalue weighted by molar-refractivity contribution is 0.0325. The molecule has 0 spiro atoms. The van der Waals surface area contributed by atoms with Gasteiger partial charge in [-0.1, -0.05) is 12.1 Å². The molecular formula is C13H22N2O2. The van der Waals surface area contributed by atoms with E-state index in [4.69, 9.17) is 0 Å². The number of rotatable bonds is 5. The maximum absolute atomic E-state index is 9.93. The Labute approximate surface area is 103 Å². The molecule has 0 amide bonds. The molecule has 4 nitrogen and oxygen atoms in total. The van der Waals surface area contributed by atoms with E-state index in [0.717, 1.165) is 11.1 Å². The van der Waals surface area contributed by atoms with Gasteiger partial charge in [-0.3, -0.25) is 5.32 Å². The molecule has 0 aromatic heterocycles. The van der Waals surface area contributed by atoms with E-state index in [1.807, 2.05) is 31.1 Å². The smallest absolute Gasteiger partial charge is 0.120 e. The number of hydrogen-bond donors (Lipinski definition) is 3. The van der Waals surface area contributed by atoms with Gasteiger partial charge in [0.2, 0.25) is 0 Å². The van der Waals surface area contributed by atoms with Gasteiger partial charge >= 0.3 is 0 Å². The summed E-state index contributed by atoms with van der Waals surface area (Å²) in [6, 6.07) is 5.45. The second kappa shape index (κ2) is 5.49. The molecular weight excluding hydrogens is 216 g/mol. The van der Waals surface area contributed by atoms with Gasteiger partial charge in [-0.05, 0) is 39.7 Å². The van der Waals surface area contributed by atoms with Crippen LogP contribution in [-0.2, 0) is 13.0 Å². The summed E-state index contributed by atoms with van der Waals surface area (Å²) in [4.78, 5) is 2.00. The van der Waals surface area contributed by atoms with E-state index in [-0.39, 0.29) is 0 Å². The zero-order valence-electron chi connectivity index (χ0n) is 11.0. The van der Waals surface area contributed by atoms with Gasteiger partial charge in [-0.2, -0.15) is 0 Å². The Balaban J connectivity index is 2.88. The fraction of sp³-hybridized carbons (Fsp3) is 0.538. The van der Waals surface area contributed by atoms with Crippen LogP contribution in [0.1, 0.15) is 18.1 Å². The monoisotopic (exact) mass is 238 g/mol. The van der Waals surface area contributed by atoms with Crippen molar-refractivity contribution in [2.45, 2.75) is 25.6 Å². The van der Waals surface area contributed by atoms with Crippen molar-refractivity contribution < 1.29 is 10.2 Å². The molecule has 0 saturated carbocycles. The lowest BCUT2D eigenvalue weighted by Crippen LogP contribution is -2.41. The van der Waals surface area contributed by atoms with Gasteiger partial charge in [-0.15, -0.1) is 0 Å². The van der Waals surface area contributed by atoms with E-state index in [1.54, 1.807) is 20.0 Å². The first-order valence-electron chi connectivity index (χ1n) is 5.71. The zero-order valence-corrected chi connectivity index (χ0v) is 11.0. The Morgan fingerprint density at radius 1 is 1.35 bits per heavy atom. The van der Waals surface area contributed by atoms with Crippen molar-refractivity contribution in [3.63, 3.8) is 0 Å². The Bertz CT molecular complexity index is 376. The number of aromatic hydroxyl groups is 1. The second-order valence-electron chi connectivity index (χ2n) is 4.90.